The first-order valence-electron chi connectivity index (χ1n) is 46.1. The number of aliphatic hydroxyl groups is 2. The third kappa shape index (κ3) is 32.6. The van der Waals surface area contributed by atoms with E-state index >= 15 is 0 Å². The molecule has 17 atom stereocenters. The molecule has 0 aromatic rings. The highest BCUT2D eigenvalue weighted by atomic mass is 16.6. The Morgan fingerprint density at radius 2 is 0.674 bits per heavy atom. The van der Waals surface area contributed by atoms with Crippen LogP contribution >= 0.6 is 0 Å². The molecule has 26 nitrogen and oxygen atoms in total. The highest BCUT2D eigenvalue weighted by Gasteiger charge is 2.60. The summed E-state index contributed by atoms with van der Waals surface area (Å²) in [7, 11) is 0. The molecule has 5 heterocycles. The van der Waals surface area contributed by atoms with Gasteiger partial charge < -0.3 is 62.3 Å². The highest BCUT2D eigenvalue weighted by Crippen LogP contribution is 2.56. The average molecular weight is 1830 g/mol. The quantitative estimate of drug-likeness (QED) is 0.0222. The van der Waals surface area contributed by atoms with E-state index in [0.717, 1.165) is 115 Å². The van der Waals surface area contributed by atoms with Crippen molar-refractivity contribution in [2.75, 3.05) is 13.2 Å². The molecule has 10 aliphatic rings. The van der Waals surface area contributed by atoms with Crippen LogP contribution in [0.25, 0.3) is 0 Å². The number of carbonyl (C=O) groups is 13. The van der Waals surface area contributed by atoms with Gasteiger partial charge in [0.2, 0.25) is 0 Å². The molecular weight excluding hydrogens is 1690 g/mol. The third-order valence-electron chi connectivity index (χ3n) is 26.1. The molecule has 5 aliphatic carbocycles. The fraction of sp³-hybridized carbons (Fsp3) is 0.575. The summed E-state index contributed by atoms with van der Waals surface area (Å²) < 4.78 is 60.6. The molecule has 2 saturated carbocycles. The van der Waals surface area contributed by atoms with E-state index in [-0.39, 0.29) is 140 Å². The lowest BCUT2D eigenvalue weighted by molar-refractivity contribution is -0.172. The lowest BCUT2D eigenvalue weighted by Crippen LogP contribution is -2.50. The zero-order chi connectivity index (χ0) is 98.2. The first kappa shape index (κ1) is 110. The van der Waals surface area contributed by atoms with E-state index in [0.29, 0.717) is 87.6 Å². The predicted molar refractivity (Wildman–Crippen MR) is 499 cm³/mol. The van der Waals surface area contributed by atoms with Crippen LogP contribution in [0.3, 0.4) is 0 Å². The smallest absolute Gasteiger partial charge is 0.307 e. The maximum atomic E-state index is 12.3. The van der Waals surface area contributed by atoms with E-state index in [1.165, 1.54) is 58.3 Å². The van der Waals surface area contributed by atoms with Gasteiger partial charge in [0.05, 0.1) is 50.7 Å². The zero-order valence-corrected chi connectivity index (χ0v) is 81.0. The highest BCUT2D eigenvalue weighted by molar-refractivity contribution is 5.79. The molecule has 0 aromatic carbocycles. The van der Waals surface area contributed by atoms with Crippen LogP contribution in [0.5, 0.6) is 0 Å². The summed E-state index contributed by atoms with van der Waals surface area (Å²) in [6.45, 7) is 44.7. The number of hydrogen-bond acceptors (Lipinski definition) is 26. The van der Waals surface area contributed by atoms with Crippen molar-refractivity contribution in [3.8, 4) is 0 Å². The summed E-state index contributed by atoms with van der Waals surface area (Å²) in [5, 5.41) is 18.1. The number of allylic oxidation sites excluding steroid dienone is 16. The summed E-state index contributed by atoms with van der Waals surface area (Å²) >= 11 is 0. The fourth-order valence-electron chi connectivity index (χ4n) is 19.1. The molecule has 5 aliphatic heterocycles. The third-order valence-corrected chi connectivity index (χ3v) is 26.1. The van der Waals surface area contributed by atoms with E-state index in [4.69, 9.17) is 62.3 Å². The zero-order valence-electron chi connectivity index (χ0n) is 81.0. The number of ether oxygens (including phenoxy) is 11. The fourth-order valence-corrected chi connectivity index (χ4v) is 19.1. The number of aliphatic hydroxyl groups excluding tert-OH is 2. The number of cyclic esters (lactones) is 5. The van der Waals surface area contributed by atoms with Gasteiger partial charge >= 0.3 is 65.7 Å². The molecule has 0 bridgehead atoms. The van der Waals surface area contributed by atoms with Crippen molar-refractivity contribution >= 4 is 78.2 Å². The minimum Gasteiger partial charge on any atom is -0.463 e. The van der Waals surface area contributed by atoms with Gasteiger partial charge in [0.1, 0.15) is 79.7 Å². The molecule has 5 saturated heterocycles. The predicted octanol–water partition coefficient (Wildman–Crippen LogP) is 18.4. The molecule has 0 aromatic heterocycles. The standard InChI is InChI=1S/C22H32O6.C21H26O6.C21H28O5.C21H26O5.C21H32O4/c1-14(2)7-6-8-15(3)11-20-22(13-21(25)28-20)12-18(26-16(4)23)9-10-19(22)27-17(5)24;1-14(5-4-6-17(12-22)13-23)9-19-21(11-20(25)27-19)10-18(26-16(3)24)8-7-15(21)2;2*1-14(6-5-7-15(2)13-22)10-19-21(12-20(24)26-19)11-18(25-17(4)23)9-8-16(21)3;1-14(2)7-6-8-15(3)11-19-21(13-20(23)25-19)12-18(24-17(5)22)10-9-16(21)4/h7,11,18-20H,6,8-10,12-13H2,1-5H3;6-9,12,18-19,23H,2,4-5,10-11,13H2,1,3H3;7-10,18-19,22H,3,5-6,11-13H2,1-2,4H3;7-10,13,18-19H,3,5-6,11-12H2,1-2,4H3;7,11,16,18-19H,6,8-10,12-13H2,1-5H3/b15-11+;14-9+,17-6-;2*14-10+,15-7+;15-11+/t18-,19?,20-,22?;3*18-,19-,21?;16?,18-,19-,21?/m11111/s1. The Bertz CT molecular complexity index is 4660. The number of hydrogen-bond donors (Lipinski definition) is 2. The van der Waals surface area contributed by atoms with Crippen LogP contribution < -0.4 is 0 Å². The molecule has 0 radical (unpaired) electrons. The van der Waals surface area contributed by atoms with Gasteiger partial charge in [-0.25, -0.2) is 0 Å². The Hall–Kier alpha value is -10.7. The van der Waals surface area contributed by atoms with Gasteiger partial charge in [-0.1, -0.05) is 120 Å². The minimum atomic E-state index is -0.696. The lowest BCUT2D eigenvalue weighted by Gasteiger charge is -2.44. The second kappa shape index (κ2) is 51.5. The van der Waals surface area contributed by atoms with Crippen molar-refractivity contribution in [1.29, 1.82) is 0 Å². The summed E-state index contributed by atoms with van der Waals surface area (Å²) in [4.78, 5) is 150. The Morgan fingerprint density at radius 1 is 0.364 bits per heavy atom. The van der Waals surface area contributed by atoms with Crippen molar-refractivity contribution < 1.29 is 125 Å². The van der Waals surface area contributed by atoms with Gasteiger partial charge in [-0.3, -0.25) is 62.3 Å². The number of aldehydes is 2. The Labute approximate surface area is 780 Å². The second-order valence-electron chi connectivity index (χ2n) is 37.8. The number of rotatable bonds is 30. The molecule has 724 valence electrons. The molecule has 132 heavy (non-hydrogen) atoms. The van der Waals surface area contributed by atoms with E-state index in [1.54, 1.807) is 31.2 Å². The van der Waals surface area contributed by atoms with Crippen LogP contribution in [-0.2, 0) is 114 Å². The van der Waals surface area contributed by atoms with Gasteiger partial charge in [-0.05, 0) is 256 Å². The van der Waals surface area contributed by atoms with Crippen LogP contribution in [-0.4, -0.2) is 169 Å². The van der Waals surface area contributed by atoms with Gasteiger partial charge in [0, 0.05) is 88.0 Å². The Morgan fingerprint density at radius 3 is 1.02 bits per heavy atom. The molecule has 7 unspecified atom stereocenters. The SMILES string of the molecule is C=C1C=C[C@@H](OC(C)=O)CC12CC(=O)O[C@@H]2/C=C(\C)CC/C=C(/C=O)CO.C=C1C=C[C@@H](OC(C)=O)CC12CC(=O)O[C@@H]2/C=C(\C)CC/C=C(\C)C=O.C=C1C=C[C@@H](OC(C)=O)CC12CC(=O)O[C@@H]2/C=C(\C)CC/C=C(\C)CO.CC(=O)OC1CC[C@@H](OC(C)=O)CC12CC(=O)O[C@@H]2/C=C(\C)CCC=C(C)C.CC(=O)O[C@@H]1CCC(C)C2(CC(=O)O[C@@H]2/C=C(\C)CCC=C(C)C)C1. The number of carbonyl (C=O) groups excluding carboxylic acids is 13. The summed E-state index contributed by atoms with van der Waals surface area (Å²) in [5.41, 5.74) is 9.86. The maximum Gasteiger partial charge on any atom is 0.307 e. The lowest BCUT2D eigenvalue weighted by atomic mass is 9.62. The van der Waals surface area contributed by atoms with Gasteiger partial charge in [-0.15, -0.1) is 0 Å². The second-order valence-corrected chi connectivity index (χ2v) is 37.8. The number of esters is 11. The normalized spacial score (nSPS) is 29.8. The molecular formula is C106H144O26. The van der Waals surface area contributed by atoms with Crippen molar-refractivity contribution in [3.05, 3.63) is 189 Å². The largest absolute Gasteiger partial charge is 0.463 e. The van der Waals surface area contributed by atoms with Crippen LogP contribution in [0.2, 0.25) is 0 Å². The van der Waals surface area contributed by atoms with E-state index in [9.17, 15) is 62.3 Å². The van der Waals surface area contributed by atoms with Crippen molar-refractivity contribution in [3.63, 3.8) is 0 Å². The van der Waals surface area contributed by atoms with E-state index < -0.39 is 58.3 Å². The van der Waals surface area contributed by atoms with Crippen LogP contribution in [0.15, 0.2) is 189 Å². The van der Waals surface area contributed by atoms with Crippen molar-refractivity contribution in [2.45, 2.75) is 346 Å². The molecule has 2 N–H and O–H groups in total. The van der Waals surface area contributed by atoms with Crippen LogP contribution in [0.1, 0.15) is 279 Å². The molecule has 0 amide bonds. The first-order valence-corrected chi connectivity index (χ1v) is 46.1. The molecule has 5 spiro atoms. The van der Waals surface area contributed by atoms with Crippen LogP contribution in [0.4, 0.5) is 0 Å². The summed E-state index contributed by atoms with van der Waals surface area (Å²) in [6.07, 6.45) is 43.2. The van der Waals surface area contributed by atoms with Gasteiger partial charge in [0.15, 0.2) is 0 Å². The van der Waals surface area contributed by atoms with Gasteiger partial charge in [0.25, 0.3) is 0 Å². The van der Waals surface area contributed by atoms with Crippen molar-refractivity contribution in [1.82, 2.24) is 0 Å². The van der Waals surface area contributed by atoms with Crippen LogP contribution in [0, 0.1) is 33.0 Å². The Balaban J connectivity index is 0.000000254. The van der Waals surface area contributed by atoms with Crippen molar-refractivity contribution in [2.24, 2.45) is 33.0 Å². The molecule has 26 heteroatoms. The summed E-state index contributed by atoms with van der Waals surface area (Å²) in [5.74, 6) is -2.93. The minimum absolute atomic E-state index is 0.0653. The topological polar surface area (TPSA) is 364 Å². The Kier molecular flexibility index (Phi) is 42.9. The molecule has 10 rings (SSSR count). The first-order chi connectivity index (χ1) is 62.2. The van der Waals surface area contributed by atoms with E-state index in [1.807, 2.05) is 89.3 Å². The average Bonchev–Trinajstić information content (AvgIpc) is 1.61. The monoisotopic (exact) mass is 1830 g/mol. The summed E-state index contributed by atoms with van der Waals surface area (Å²) in [6, 6.07) is 0. The van der Waals surface area contributed by atoms with Gasteiger partial charge in [-0.2, -0.15) is 0 Å². The molecule has 7 fully saturated rings. The maximum absolute atomic E-state index is 12.3. The van der Waals surface area contributed by atoms with E-state index in [2.05, 4.69) is 79.5 Å².